The fraction of sp³-hybridized carbons (Fsp3) is 0.643. The van der Waals surface area contributed by atoms with Crippen molar-refractivity contribution >= 4 is 11.7 Å². The van der Waals surface area contributed by atoms with Crippen LogP contribution in [0.2, 0.25) is 0 Å². The summed E-state index contributed by atoms with van der Waals surface area (Å²) < 4.78 is 0. The Morgan fingerprint density at radius 1 is 1.30 bits per heavy atom. The number of hydrogen-bond donors (Lipinski definition) is 2. The molecule has 1 aromatic rings. The second kappa shape index (κ2) is 9.25. The molecule has 20 heavy (non-hydrogen) atoms. The lowest BCUT2D eigenvalue weighted by atomic mass is 10.3. The number of nitrogens with zero attached hydrogens (tertiary/aromatic N) is 3. The van der Waals surface area contributed by atoms with Gasteiger partial charge in [0.25, 0.3) is 5.91 Å². The summed E-state index contributed by atoms with van der Waals surface area (Å²) in [4.78, 5) is 22.3. The molecule has 0 aliphatic heterocycles. The molecule has 1 amide bonds. The number of aliphatic hydroxyl groups is 1. The highest BCUT2D eigenvalue weighted by molar-refractivity contribution is 5.92. The Labute approximate surface area is 120 Å². The third kappa shape index (κ3) is 5.13. The molecule has 0 atom stereocenters. The number of carbonyl (C=O) groups excluding carboxylic acids is 1. The number of hydrogen-bond acceptors (Lipinski definition) is 5. The molecule has 0 saturated carbocycles. The third-order valence-corrected chi connectivity index (χ3v) is 2.85. The fourth-order valence-corrected chi connectivity index (χ4v) is 1.75. The van der Waals surface area contributed by atoms with E-state index in [0.717, 1.165) is 25.8 Å². The lowest BCUT2D eigenvalue weighted by Crippen LogP contribution is -2.35. The molecule has 0 aliphatic rings. The van der Waals surface area contributed by atoms with E-state index in [1.807, 2.05) is 0 Å². The molecule has 0 bridgehead atoms. The predicted octanol–water partition coefficient (Wildman–Crippen LogP) is 1.53. The van der Waals surface area contributed by atoms with Gasteiger partial charge >= 0.3 is 0 Å². The van der Waals surface area contributed by atoms with Crippen molar-refractivity contribution in [2.24, 2.45) is 0 Å². The number of amides is 1. The van der Waals surface area contributed by atoms with E-state index in [1.165, 1.54) is 6.20 Å². The van der Waals surface area contributed by atoms with E-state index in [-0.39, 0.29) is 12.5 Å². The molecule has 6 heteroatoms. The predicted molar refractivity (Wildman–Crippen MR) is 78.7 cm³/mol. The SMILES string of the molecule is CCCCN(CCO)C(=O)c1cncc(NCCC)n1. The Bertz CT molecular complexity index is 412. The van der Waals surface area contributed by atoms with Crippen molar-refractivity contribution in [1.29, 1.82) is 0 Å². The van der Waals surface area contributed by atoms with Crippen LogP contribution in [0, 0.1) is 0 Å². The summed E-state index contributed by atoms with van der Waals surface area (Å²) in [5, 5.41) is 12.2. The maximum absolute atomic E-state index is 12.4. The smallest absolute Gasteiger partial charge is 0.274 e. The Morgan fingerprint density at radius 3 is 2.75 bits per heavy atom. The molecule has 1 rings (SSSR count). The zero-order valence-corrected chi connectivity index (χ0v) is 12.3. The maximum atomic E-state index is 12.4. The number of rotatable bonds is 9. The molecule has 0 spiro atoms. The first-order valence-electron chi connectivity index (χ1n) is 7.19. The number of nitrogens with one attached hydrogen (secondary N) is 1. The van der Waals surface area contributed by atoms with Gasteiger partial charge in [-0.15, -0.1) is 0 Å². The van der Waals surface area contributed by atoms with Gasteiger partial charge in [-0.25, -0.2) is 4.98 Å². The van der Waals surface area contributed by atoms with E-state index in [9.17, 15) is 4.79 Å². The van der Waals surface area contributed by atoms with E-state index >= 15 is 0 Å². The van der Waals surface area contributed by atoms with Crippen molar-refractivity contribution in [2.75, 3.05) is 31.6 Å². The summed E-state index contributed by atoms with van der Waals surface area (Å²) in [6, 6.07) is 0. The average molecular weight is 280 g/mol. The van der Waals surface area contributed by atoms with Crippen LogP contribution in [-0.2, 0) is 0 Å². The van der Waals surface area contributed by atoms with E-state index in [1.54, 1.807) is 11.1 Å². The van der Waals surface area contributed by atoms with Crippen molar-refractivity contribution in [2.45, 2.75) is 33.1 Å². The number of unbranched alkanes of at least 4 members (excludes halogenated alkanes) is 1. The van der Waals surface area contributed by atoms with Crippen LogP contribution in [0.15, 0.2) is 12.4 Å². The van der Waals surface area contributed by atoms with Crippen molar-refractivity contribution in [3.8, 4) is 0 Å². The van der Waals surface area contributed by atoms with Gasteiger partial charge < -0.3 is 15.3 Å². The largest absolute Gasteiger partial charge is 0.395 e. The first-order valence-corrected chi connectivity index (χ1v) is 7.19. The molecule has 0 fully saturated rings. The van der Waals surface area contributed by atoms with E-state index < -0.39 is 0 Å². The average Bonchev–Trinajstić information content (AvgIpc) is 2.49. The van der Waals surface area contributed by atoms with Crippen LogP contribution in [0.25, 0.3) is 0 Å². The molecule has 0 aromatic carbocycles. The van der Waals surface area contributed by atoms with Gasteiger partial charge in [-0.1, -0.05) is 20.3 Å². The van der Waals surface area contributed by atoms with Crippen LogP contribution >= 0.6 is 0 Å². The Morgan fingerprint density at radius 2 is 2.10 bits per heavy atom. The Kier molecular flexibility index (Phi) is 7.57. The van der Waals surface area contributed by atoms with Gasteiger partial charge in [0.05, 0.1) is 19.0 Å². The van der Waals surface area contributed by atoms with Gasteiger partial charge in [-0.2, -0.15) is 0 Å². The summed E-state index contributed by atoms with van der Waals surface area (Å²) in [5.74, 6) is 0.428. The summed E-state index contributed by atoms with van der Waals surface area (Å²) in [7, 11) is 0. The highest BCUT2D eigenvalue weighted by Crippen LogP contribution is 2.07. The zero-order valence-electron chi connectivity index (χ0n) is 12.3. The first kappa shape index (κ1) is 16.4. The second-order valence-electron chi connectivity index (χ2n) is 4.59. The highest BCUT2D eigenvalue weighted by Gasteiger charge is 2.16. The molecule has 1 aromatic heterocycles. The fourth-order valence-electron chi connectivity index (χ4n) is 1.75. The van der Waals surface area contributed by atoms with Crippen LogP contribution in [0.3, 0.4) is 0 Å². The lowest BCUT2D eigenvalue weighted by molar-refractivity contribution is 0.0713. The minimum Gasteiger partial charge on any atom is -0.395 e. The standard InChI is InChI=1S/C14H24N4O2/c1-3-5-7-18(8-9-19)14(20)12-10-15-11-13(17-12)16-6-4-2/h10-11,19H,3-9H2,1-2H3,(H,16,17). The summed E-state index contributed by atoms with van der Waals surface area (Å²) in [5.41, 5.74) is 0.315. The van der Waals surface area contributed by atoms with Crippen LogP contribution in [0.4, 0.5) is 5.82 Å². The van der Waals surface area contributed by atoms with Crippen LogP contribution < -0.4 is 5.32 Å². The molecule has 0 saturated heterocycles. The molecular formula is C14H24N4O2. The Balaban J connectivity index is 2.76. The minimum atomic E-state index is -0.180. The van der Waals surface area contributed by atoms with Crippen LogP contribution in [-0.4, -0.2) is 52.1 Å². The van der Waals surface area contributed by atoms with Gasteiger partial charge in [-0.3, -0.25) is 9.78 Å². The topological polar surface area (TPSA) is 78.3 Å². The summed E-state index contributed by atoms with van der Waals surface area (Å²) >= 11 is 0. The quantitative estimate of drug-likeness (QED) is 0.717. The molecule has 112 valence electrons. The van der Waals surface area contributed by atoms with E-state index in [2.05, 4.69) is 29.1 Å². The second-order valence-corrected chi connectivity index (χ2v) is 4.59. The van der Waals surface area contributed by atoms with Gasteiger partial charge in [-0.05, 0) is 12.8 Å². The maximum Gasteiger partial charge on any atom is 0.274 e. The number of anilines is 1. The highest BCUT2D eigenvalue weighted by atomic mass is 16.3. The lowest BCUT2D eigenvalue weighted by Gasteiger charge is -2.21. The molecule has 0 unspecified atom stereocenters. The Hall–Kier alpha value is -1.69. The molecule has 6 nitrogen and oxygen atoms in total. The first-order chi connectivity index (χ1) is 9.72. The third-order valence-electron chi connectivity index (χ3n) is 2.85. The van der Waals surface area contributed by atoms with Crippen LogP contribution in [0.5, 0.6) is 0 Å². The van der Waals surface area contributed by atoms with E-state index in [4.69, 9.17) is 5.11 Å². The minimum absolute atomic E-state index is 0.0450. The van der Waals surface area contributed by atoms with Crippen molar-refractivity contribution in [3.63, 3.8) is 0 Å². The molecule has 0 radical (unpaired) electrons. The normalized spacial score (nSPS) is 10.3. The van der Waals surface area contributed by atoms with Gasteiger partial charge in [0, 0.05) is 19.6 Å². The zero-order chi connectivity index (χ0) is 14.8. The molecule has 1 heterocycles. The van der Waals surface area contributed by atoms with Gasteiger partial charge in [0.1, 0.15) is 11.5 Å². The summed E-state index contributed by atoms with van der Waals surface area (Å²) in [6.07, 6.45) is 5.96. The number of carbonyl (C=O) groups is 1. The van der Waals surface area contributed by atoms with Crippen LogP contribution in [0.1, 0.15) is 43.6 Å². The van der Waals surface area contributed by atoms with Gasteiger partial charge in [0.15, 0.2) is 0 Å². The number of aromatic nitrogens is 2. The molecular weight excluding hydrogens is 256 g/mol. The van der Waals surface area contributed by atoms with Gasteiger partial charge in [0.2, 0.25) is 0 Å². The van der Waals surface area contributed by atoms with Crippen molar-refractivity contribution < 1.29 is 9.90 Å². The van der Waals surface area contributed by atoms with E-state index in [0.29, 0.717) is 24.6 Å². The van der Waals surface area contributed by atoms with Crippen molar-refractivity contribution in [3.05, 3.63) is 18.1 Å². The number of aliphatic hydroxyl groups excluding tert-OH is 1. The molecule has 0 aliphatic carbocycles. The summed E-state index contributed by atoms with van der Waals surface area (Å²) in [6.45, 7) is 5.83. The molecule has 2 N–H and O–H groups in total. The monoisotopic (exact) mass is 280 g/mol. The van der Waals surface area contributed by atoms with Crippen molar-refractivity contribution in [1.82, 2.24) is 14.9 Å².